The molecule has 1 amide bonds. The summed E-state index contributed by atoms with van der Waals surface area (Å²) < 4.78 is 25.2. The van der Waals surface area contributed by atoms with Gasteiger partial charge in [0.15, 0.2) is 0 Å². The third-order valence-electron chi connectivity index (χ3n) is 3.05. The van der Waals surface area contributed by atoms with Crippen molar-refractivity contribution < 1.29 is 13.2 Å². The van der Waals surface area contributed by atoms with Crippen LogP contribution in [-0.2, 0) is 14.8 Å². The number of sulfonamides is 1. The fraction of sp³-hybridized carbons (Fsp3) is 0.533. The third kappa shape index (κ3) is 5.04. The minimum atomic E-state index is -3.54. The molecule has 0 radical (unpaired) electrons. The van der Waals surface area contributed by atoms with Crippen LogP contribution in [0, 0.1) is 13.8 Å². The van der Waals surface area contributed by atoms with Gasteiger partial charge in [-0.15, -0.1) is 0 Å². The van der Waals surface area contributed by atoms with Crippen molar-refractivity contribution in [2.45, 2.75) is 40.2 Å². The first kappa shape index (κ1) is 17.5. The Bertz CT molecular complexity index is 631. The molecule has 1 rings (SSSR count). The highest BCUT2D eigenvalue weighted by Gasteiger charge is 2.24. The Morgan fingerprint density at radius 3 is 2.29 bits per heavy atom. The van der Waals surface area contributed by atoms with Crippen LogP contribution in [0.2, 0.25) is 0 Å². The lowest BCUT2D eigenvalue weighted by Crippen LogP contribution is -2.47. The normalized spacial score (nSPS) is 12.1. The summed E-state index contributed by atoms with van der Waals surface area (Å²) >= 11 is 0. The molecule has 0 aromatic heterocycles. The molecule has 0 spiro atoms. The van der Waals surface area contributed by atoms with E-state index in [0.29, 0.717) is 5.69 Å². The Balaban J connectivity index is 3.15. The lowest BCUT2D eigenvalue weighted by atomic mass is 10.1. The van der Waals surface area contributed by atoms with Crippen LogP contribution < -0.4 is 9.62 Å². The van der Waals surface area contributed by atoms with E-state index >= 15 is 0 Å². The molecule has 1 aromatic rings. The fourth-order valence-electron chi connectivity index (χ4n) is 1.98. The molecule has 0 aliphatic heterocycles. The molecule has 1 N–H and O–H groups in total. The van der Waals surface area contributed by atoms with E-state index in [4.69, 9.17) is 0 Å². The van der Waals surface area contributed by atoms with Crippen LogP contribution in [0.25, 0.3) is 0 Å². The average molecular weight is 312 g/mol. The van der Waals surface area contributed by atoms with Gasteiger partial charge in [0.05, 0.1) is 11.9 Å². The van der Waals surface area contributed by atoms with Crippen molar-refractivity contribution in [2.24, 2.45) is 0 Å². The summed E-state index contributed by atoms with van der Waals surface area (Å²) in [6.07, 6.45) is 1.11. The highest BCUT2D eigenvalue weighted by molar-refractivity contribution is 7.92. The number of carbonyl (C=O) groups is 1. The van der Waals surface area contributed by atoms with Crippen LogP contribution in [-0.4, -0.2) is 32.7 Å². The number of carbonyl (C=O) groups excluding carboxylic acids is 1. The van der Waals surface area contributed by atoms with Gasteiger partial charge in [-0.1, -0.05) is 12.1 Å². The molecule has 0 unspecified atom stereocenters. The van der Waals surface area contributed by atoms with Crippen molar-refractivity contribution in [3.8, 4) is 0 Å². The molecular formula is C15H24N2O3S. The molecule has 0 atom stereocenters. The summed E-state index contributed by atoms with van der Waals surface area (Å²) in [5.74, 6) is -0.325. The molecule has 0 fully saturated rings. The smallest absolute Gasteiger partial charge is 0.241 e. The molecule has 21 heavy (non-hydrogen) atoms. The minimum Gasteiger partial charge on any atom is -0.350 e. The van der Waals surface area contributed by atoms with Gasteiger partial charge in [0, 0.05) is 5.54 Å². The summed E-state index contributed by atoms with van der Waals surface area (Å²) in [5.41, 5.74) is 1.98. The monoisotopic (exact) mass is 312 g/mol. The minimum absolute atomic E-state index is 0.222. The number of benzene rings is 1. The maximum atomic E-state index is 12.1. The van der Waals surface area contributed by atoms with Crippen molar-refractivity contribution >= 4 is 21.6 Å². The largest absolute Gasteiger partial charge is 0.350 e. The Labute approximate surface area is 127 Å². The van der Waals surface area contributed by atoms with Gasteiger partial charge in [0.1, 0.15) is 6.54 Å². The van der Waals surface area contributed by atoms with Crippen LogP contribution in [0.3, 0.4) is 0 Å². The van der Waals surface area contributed by atoms with Gasteiger partial charge < -0.3 is 5.32 Å². The van der Waals surface area contributed by atoms with Crippen molar-refractivity contribution in [3.05, 3.63) is 29.3 Å². The Hall–Kier alpha value is -1.56. The molecule has 5 nitrogen and oxygen atoms in total. The number of nitrogens with zero attached hydrogens (tertiary/aromatic N) is 1. The van der Waals surface area contributed by atoms with Crippen molar-refractivity contribution in [1.29, 1.82) is 0 Å². The molecule has 0 bridgehead atoms. The maximum Gasteiger partial charge on any atom is 0.241 e. The second-order valence-electron chi connectivity index (χ2n) is 6.29. The second-order valence-corrected chi connectivity index (χ2v) is 8.19. The van der Waals surface area contributed by atoms with Crippen molar-refractivity contribution in [1.82, 2.24) is 5.32 Å². The SMILES string of the molecule is Cc1cccc(N(CC(=O)NC(C)(C)C)S(C)(=O)=O)c1C. The second kappa shape index (κ2) is 6.05. The lowest BCUT2D eigenvalue weighted by Gasteiger charge is -2.27. The predicted octanol–water partition coefficient (Wildman–Crippen LogP) is 1.98. The first-order valence-electron chi connectivity index (χ1n) is 6.77. The van der Waals surface area contributed by atoms with E-state index in [0.717, 1.165) is 21.7 Å². The van der Waals surface area contributed by atoms with Gasteiger partial charge in [0.2, 0.25) is 15.9 Å². The number of rotatable bonds is 4. The summed E-state index contributed by atoms with van der Waals surface area (Å²) in [4.78, 5) is 12.1. The van der Waals surface area contributed by atoms with E-state index in [1.165, 1.54) is 0 Å². The van der Waals surface area contributed by atoms with Crippen LogP contribution in [0.5, 0.6) is 0 Å². The topological polar surface area (TPSA) is 66.5 Å². The quantitative estimate of drug-likeness (QED) is 0.924. The van der Waals surface area contributed by atoms with E-state index in [1.807, 2.05) is 40.7 Å². The molecule has 0 saturated heterocycles. The number of hydrogen-bond donors (Lipinski definition) is 1. The van der Waals surface area contributed by atoms with Crippen molar-refractivity contribution in [2.75, 3.05) is 17.1 Å². The van der Waals surface area contributed by atoms with Gasteiger partial charge in [-0.3, -0.25) is 9.10 Å². The van der Waals surface area contributed by atoms with Gasteiger partial charge >= 0.3 is 0 Å². The highest BCUT2D eigenvalue weighted by atomic mass is 32.2. The van der Waals surface area contributed by atoms with Gasteiger partial charge in [-0.05, 0) is 51.8 Å². The zero-order valence-corrected chi connectivity index (χ0v) is 14.3. The molecule has 6 heteroatoms. The van der Waals surface area contributed by atoms with Gasteiger partial charge in [0.25, 0.3) is 0 Å². The molecular weight excluding hydrogens is 288 g/mol. The zero-order chi connectivity index (χ0) is 16.4. The van der Waals surface area contributed by atoms with Crippen LogP contribution >= 0.6 is 0 Å². The van der Waals surface area contributed by atoms with Crippen LogP contribution in [0.15, 0.2) is 18.2 Å². The maximum absolute atomic E-state index is 12.1. The molecule has 0 aliphatic carbocycles. The standard InChI is InChI=1S/C15H24N2O3S/c1-11-8-7-9-13(12(11)2)17(21(6,19)20)10-14(18)16-15(3,4)5/h7-9H,10H2,1-6H3,(H,16,18). The van der Waals surface area contributed by atoms with Crippen LogP contribution in [0.1, 0.15) is 31.9 Å². The summed E-state index contributed by atoms with van der Waals surface area (Å²) in [7, 11) is -3.54. The van der Waals surface area contributed by atoms with E-state index in [2.05, 4.69) is 5.32 Å². The fourth-order valence-corrected chi connectivity index (χ4v) is 2.88. The van der Waals surface area contributed by atoms with E-state index in [9.17, 15) is 13.2 Å². The zero-order valence-electron chi connectivity index (χ0n) is 13.5. The number of anilines is 1. The van der Waals surface area contributed by atoms with Crippen LogP contribution in [0.4, 0.5) is 5.69 Å². The predicted molar refractivity (Wildman–Crippen MR) is 86.0 cm³/mol. The Morgan fingerprint density at radius 2 is 1.81 bits per heavy atom. The first-order chi connectivity index (χ1) is 9.42. The lowest BCUT2D eigenvalue weighted by molar-refractivity contribution is -0.121. The van der Waals surface area contributed by atoms with Gasteiger partial charge in [-0.2, -0.15) is 0 Å². The van der Waals surface area contributed by atoms with E-state index in [-0.39, 0.29) is 12.5 Å². The molecule has 0 saturated carbocycles. The third-order valence-corrected chi connectivity index (χ3v) is 4.17. The molecule has 0 aliphatic rings. The van der Waals surface area contributed by atoms with Gasteiger partial charge in [-0.25, -0.2) is 8.42 Å². The average Bonchev–Trinajstić information content (AvgIpc) is 2.26. The summed E-state index contributed by atoms with van der Waals surface area (Å²) in [6, 6.07) is 5.42. The molecule has 118 valence electrons. The molecule has 0 heterocycles. The number of hydrogen-bond acceptors (Lipinski definition) is 3. The number of nitrogens with one attached hydrogen (secondary N) is 1. The van der Waals surface area contributed by atoms with Crippen molar-refractivity contribution in [3.63, 3.8) is 0 Å². The molecule has 1 aromatic carbocycles. The Morgan fingerprint density at radius 1 is 1.24 bits per heavy atom. The summed E-state index contributed by atoms with van der Waals surface area (Å²) in [6.45, 7) is 9.11. The van der Waals surface area contributed by atoms with E-state index in [1.54, 1.807) is 12.1 Å². The highest BCUT2D eigenvalue weighted by Crippen LogP contribution is 2.24. The Kier molecular flexibility index (Phi) is 5.04. The number of amides is 1. The number of aryl methyl sites for hydroxylation is 1. The summed E-state index contributed by atoms with van der Waals surface area (Å²) in [5, 5.41) is 2.78. The first-order valence-corrected chi connectivity index (χ1v) is 8.61. The van der Waals surface area contributed by atoms with E-state index < -0.39 is 15.6 Å².